The van der Waals surface area contributed by atoms with Crippen molar-refractivity contribution in [1.82, 2.24) is 20.3 Å². The fourth-order valence-electron chi connectivity index (χ4n) is 1.92. The third kappa shape index (κ3) is 4.72. The Morgan fingerprint density at radius 1 is 1.29 bits per heavy atom. The highest BCUT2D eigenvalue weighted by Crippen LogP contribution is 2.05. The van der Waals surface area contributed by atoms with E-state index in [-0.39, 0.29) is 6.54 Å². The van der Waals surface area contributed by atoms with Crippen molar-refractivity contribution in [1.29, 1.82) is 0 Å². The van der Waals surface area contributed by atoms with Crippen LogP contribution in [-0.2, 0) is 22.6 Å². The number of nitrogens with one attached hydrogen (secondary N) is 1. The van der Waals surface area contributed by atoms with Crippen LogP contribution in [0.15, 0.2) is 42.7 Å². The van der Waals surface area contributed by atoms with Crippen LogP contribution in [0.1, 0.15) is 12.0 Å². The lowest BCUT2D eigenvalue weighted by molar-refractivity contribution is -0.142. The van der Waals surface area contributed by atoms with Crippen LogP contribution in [0.5, 0.6) is 0 Å². The monoisotopic (exact) mass is 288 g/mol. The summed E-state index contributed by atoms with van der Waals surface area (Å²) in [7, 11) is 0. The summed E-state index contributed by atoms with van der Waals surface area (Å²) in [6.07, 6.45) is 3.92. The van der Waals surface area contributed by atoms with Gasteiger partial charge in [0.2, 0.25) is 5.91 Å². The molecule has 0 aliphatic rings. The smallest absolute Gasteiger partial charge is 0.326 e. The number of amides is 1. The number of aliphatic carboxylic acids is 1. The number of carbonyl (C=O) groups is 2. The number of benzene rings is 1. The third-order valence-electron chi connectivity index (χ3n) is 2.98. The second kappa shape index (κ2) is 7.18. The fraction of sp³-hybridized carbons (Fsp3) is 0.286. The van der Waals surface area contributed by atoms with Gasteiger partial charge >= 0.3 is 5.97 Å². The van der Waals surface area contributed by atoms with E-state index < -0.39 is 17.9 Å². The Kier molecular flexibility index (Phi) is 5.03. The van der Waals surface area contributed by atoms with Crippen LogP contribution >= 0.6 is 0 Å². The highest BCUT2D eigenvalue weighted by Gasteiger charge is 2.19. The Morgan fingerprint density at radius 3 is 2.67 bits per heavy atom. The average Bonchev–Trinajstić information content (AvgIpc) is 2.97. The highest BCUT2D eigenvalue weighted by atomic mass is 16.4. The van der Waals surface area contributed by atoms with E-state index in [4.69, 9.17) is 0 Å². The quantitative estimate of drug-likeness (QED) is 0.772. The number of carbonyl (C=O) groups excluding carboxylic acids is 1. The van der Waals surface area contributed by atoms with Gasteiger partial charge in [0.05, 0.1) is 6.20 Å². The normalized spacial score (nSPS) is 11.8. The summed E-state index contributed by atoms with van der Waals surface area (Å²) in [5.41, 5.74) is 1.04. The largest absolute Gasteiger partial charge is 0.480 e. The molecule has 1 aromatic carbocycles. The molecule has 0 aliphatic carbocycles. The summed E-state index contributed by atoms with van der Waals surface area (Å²) in [4.78, 5) is 23.0. The van der Waals surface area contributed by atoms with Gasteiger partial charge in [-0.2, -0.15) is 0 Å². The summed E-state index contributed by atoms with van der Waals surface area (Å²) in [6, 6.07) is 8.63. The number of rotatable bonds is 7. The summed E-state index contributed by atoms with van der Waals surface area (Å²) in [5, 5.41) is 18.9. The van der Waals surface area contributed by atoms with E-state index in [0.29, 0.717) is 12.8 Å². The molecule has 1 heterocycles. The first-order valence-electron chi connectivity index (χ1n) is 6.55. The van der Waals surface area contributed by atoms with Gasteiger partial charge in [-0.1, -0.05) is 35.5 Å². The van der Waals surface area contributed by atoms with Gasteiger partial charge in [0.15, 0.2) is 0 Å². The molecule has 0 radical (unpaired) electrons. The lowest BCUT2D eigenvalue weighted by atomic mass is 10.1. The van der Waals surface area contributed by atoms with Crippen LogP contribution in [0.25, 0.3) is 0 Å². The van der Waals surface area contributed by atoms with Crippen molar-refractivity contribution in [2.75, 3.05) is 0 Å². The molecule has 1 atom stereocenters. The van der Waals surface area contributed by atoms with Gasteiger partial charge in [-0.25, -0.2) is 9.48 Å². The first kappa shape index (κ1) is 14.7. The van der Waals surface area contributed by atoms with Crippen molar-refractivity contribution < 1.29 is 14.7 Å². The van der Waals surface area contributed by atoms with Crippen LogP contribution in [0.4, 0.5) is 0 Å². The zero-order valence-electron chi connectivity index (χ0n) is 11.3. The summed E-state index contributed by atoms with van der Waals surface area (Å²) < 4.78 is 1.34. The van der Waals surface area contributed by atoms with E-state index in [1.54, 1.807) is 6.20 Å². The molecular weight excluding hydrogens is 272 g/mol. The van der Waals surface area contributed by atoms with E-state index in [0.717, 1.165) is 5.56 Å². The number of hydrogen-bond acceptors (Lipinski definition) is 4. The Morgan fingerprint density at radius 2 is 2.05 bits per heavy atom. The molecule has 7 nitrogen and oxygen atoms in total. The lowest BCUT2D eigenvalue weighted by Gasteiger charge is -2.14. The zero-order chi connectivity index (χ0) is 15.1. The zero-order valence-corrected chi connectivity index (χ0v) is 11.3. The number of carboxylic acids is 1. The van der Waals surface area contributed by atoms with E-state index in [9.17, 15) is 14.7 Å². The topological polar surface area (TPSA) is 97.1 Å². The summed E-state index contributed by atoms with van der Waals surface area (Å²) in [5.74, 6) is -1.45. The highest BCUT2D eigenvalue weighted by molar-refractivity contribution is 5.83. The fourth-order valence-corrected chi connectivity index (χ4v) is 1.92. The van der Waals surface area contributed by atoms with Crippen molar-refractivity contribution in [3.63, 3.8) is 0 Å². The number of hydrogen-bond donors (Lipinski definition) is 2. The molecule has 2 rings (SSSR count). The standard InChI is InChI=1S/C14H16N4O3/c19-13(10-18-9-8-15-17-18)16-12(14(20)21)7-6-11-4-2-1-3-5-11/h1-5,8-9,12H,6-7,10H2,(H,16,19)(H,20,21)/t12-/m0/s1. The van der Waals surface area contributed by atoms with Crippen LogP contribution < -0.4 is 5.32 Å². The van der Waals surface area contributed by atoms with Crippen LogP contribution in [0, 0.1) is 0 Å². The summed E-state index contributed by atoms with van der Waals surface area (Å²) >= 11 is 0. The minimum Gasteiger partial charge on any atom is -0.480 e. The van der Waals surface area contributed by atoms with Crippen molar-refractivity contribution >= 4 is 11.9 Å². The van der Waals surface area contributed by atoms with Crippen molar-refractivity contribution in [3.05, 3.63) is 48.3 Å². The van der Waals surface area contributed by atoms with E-state index >= 15 is 0 Å². The molecule has 0 unspecified atom stereocenters. The van der Waals surface area contributed by atoms with E-state index in [1.807, 2.05) is 30.3 Å². The molecule has 2 aromatic rings. The van der Waals surface area contributed by atoms with Crippen LogP contribution in [-0.4, -0.2) is 38.0 Å². The first-order valence-corrected chi connectivity index (χ1v) is 6.55. The molecular formula is C14H16N4O3. The minimum absolute atomic E-state index is 0.0465. The van der Waals surface area contributed by atoms with Gasteiger partial charge < -0.3 is 10.4 Å². The van der Waals surface area contributed by atoms with Gasteiger partial charge in [-0.15, -0.1) is 5.10 Å². The van der Waals surface area contributed by atoms with Gasteiger partial charge in [0.25, 0.3) is 0 Å². The molecule has 2 N–H and O–H groups in total. The maximum absolute atomic E-state index is 11.8. The van der Waals surface area contributed by atoms with Gasteiger partial charge in [0.1, 0.15) is 12.6 Å². The first-order chi connectivity index (χ1) is 10.1. The Hall–Kier alpha value is -2.70. The molecule has 0 fully saturated rings. The number of aryl methyl sites for hydroxylation is 1. The molecule has 0 saturated carbocycles. The Labute approximate surface area is 121 Å². The van der Waals surface area contributed by atoms with Gasteiger partial charge in [0, 0.05) is 6.20 Å². The van der Waals surface area contributed by atoms with Gasteiger partial charge in [-0.3, -0.25) is 4.79 Å². The SMILES string of the molecule is O=C(Cn1ccnn1)N[C@@H](CCc1ccccc1)C(=O)O. The predicted molar refractivity (Wildman–Crippen MR) is 74.4 cm³/mol. The molecule has 110 valence electrons. The summed E-state index contributed by atoms with van der Waals surface area (Å²) in [6.45, 7) is -0.0465. The molecule has 21 heavy (non-hydrogen) atoms. The van der Waals surface area contributed by atoms with Gasteiger partial charge in [-0.05, 0) is 18.4 Å². The second-order valence-corrected chi connectivity index (χ2v) is 4.58. The average molecular weight is 288 g/mol. The number of aromatic nitrogens is 3. The molecule has 0 spiro atoms. The van der Waals surface area contributed by atoms with E-state index in [1.165, 1.54) is 10.9 Å². The number of nitrogens with zero attached hydrogens (tertiary/aromatic N) is 3. The van der Waals surface area contributed by atoms with Crippen molar-refractivity contribution in [2.45, 2.75) is 25.4 Å². The lowest BCUT2D eigenvalue weighted by Crippen LogP contribution is -2.42. The van der Waals surface area contributed by atoms with Crippen LogP contribution in [0.3, 0.4) is 0 Å². The second-order valence-electron chi connectivity index (χ2n) is 4.58. The Bertz CT molecular complexity index is 584. The molecule has 1 amide bonds. The van der Waals surface area contributed by atoms with Crippen molar-refractivity contribution in [3.8, 4) is 0 Å². The van der Waals surface area contributed by atoms with Crippen LogP contribution in [0.2, 0.25) is 0 Å². The van der Waals surface area contributed by atoms with Crippen molar-refractivity contribution in [2.24, 2.45) is 0 Å². The van der Waals surface area contributed by atoms with E-state index in [2.05, 4.69) is 15.6 Å². The predicted octanol–water partition coefficient (Wildman–Crippen LogP) is 0.480. The minimum atomic E-state index is -1.04. The molecule has 0 bridgehead atoms. The maximum atomic E-state index is 11.8. The molecule has 1 aromatic heterocycles. The number of carboxylic acid groups (broad SMARTS) is 1. The Balaban J connectivity index is 1.87. The molecule has 0 saturated heterocycles. The molecule has 7 heteroatoms. The molecule has 0 aliphatic heterocycles. The third-order valence-corrected chi connectivity index (χ3v) is 2.98. The maximum Gasteiger partial charge on any atom is 0.326 e.